The van der Waals surface area contributed by atoms with Crippen molar-refractivity contribution in [2.24, 2.45) is 7.05 Å². The smallest absolute Gasteiger partial charge is 0.309 e. The van der Waals surface area contributed by atoms with Crippen LogP contribution in [0.25, 0.3) is 11.2 Å². The van der Waals surface area contributed by atoms with Crippen LogP contribution in [0.4, 0.5) is 0 Å². The van der Waals surface area contributed by atoms with E-state index in [0.29, 0.717) is 33.7 Å². The van der Waals surface area contributed by atoms with Crippen LogP contribution in [0.2, 0.25) is 0 Å². The number of halogens is 1. The highest BCUT2D eigenvalue weighted by molar-refractivity contribution is 7.99. The van der Waals surface area contributed by atoms with Gasteiger partial charge in [0.05, 0.1) is 6.54 Å². The molecule has 0 aliphatic heterocycles. The number of fused-ring (bicyclic) bond motifs is 1. The summed E-state index contributed by atoms with van der Waals surface area (Å²) >= 11 is 7.35. The van der Waals surface area contributed by atoms with E-state index in [-0.39, 0.29) is 0 Å². The largest absolute Gasteiger partial charge is 0.329 e. The molecule has 0 saturated heterocycles. The summed E-state index contributed by atoms with van der Waals surface area (Å²) < 4.78 is 3.19. The summed E-state index contributed by atoms with van der Waals surface area (Å²) in [7, 11) is 1.59. The van der Waals surface area contributed by atoms with Gasteiger partial charge in [-0.1, -0.05) is 59.8 Å². The van der Waals surface area contributed by atoms with E-state index in [1.54, 1.807) is 7.05 Å². The number of hydrogen-bond donors (Lipinski definition) is 1. The highest BCUT2D eigenvalue weighted by Gasteiger charge is 2.17. The van der Waals surface area contributed by atoms with Crippen molar-refractivity contribution in [3.63, 3.8) is 0 Å². The van der Waals surface area contributed by atoms with Gasteiger partial charge >= 0.3 is 5.69 Å². The first-order chi connectivity index (χ1) is 12.0. The van der Waals surface area contributed by atoms with Crippen LogP contribution in [0.15, 0.2) is 56.2 Å². The van der Waals surface area contributed by atoms with Crippen LogP contribution < -0.4 is 11.2 Å². The lowest BCUT2D eigenvalue weighted by Gasteiger charge is -2.08. The van der Waals surface area contributed by atoms with E-state index in [4.69, 9.17) is 11.6 Å². The van der Waals surface area contributed by atoms with Crippen molar-refractivity contribution in [1.29, 1.82) is 0 Å². The number of aryl methyl sites for hydroxylation is 1. The lowest BCUT2D eigenvalue weighted by Crippen LogP contribution is -2.29. The number of thioether (sulfide) groups is 1. The van der Waals surface area contributed by atoms with Gasteiger partial charge in [0.15, 0.2) is 16.3 Å². The maximum atomic E-state index is 12.4. The van der Waals surface area contributed by atoms with Crippen molar-refractivity contribution in [1.82, 2.24) is 19.1 Å². The van der Waals surface area contributed by atoms with Gasteiger partial charge in [0.2, 0.25) is 0 Å². The van der Waals surface area contributed by atoms with Crippen molar-refractivity contribution in [3.8, 4) is 0 Å². The van der Waals surface area contributed by atoms with Crippen LogP contribution in [0.1, 0.15) is 12.5 Å². The van der Waals surface area contributed by atoms with Gasteiger partial charge in [-0.3, -0.25) is 14.3 Å². The molecule has 0 atom stereocenters. The third-order valence-electron chi connectivity index (χ3n) is 3.73. The first-order valence-corrected chi connectivity index (χ1v) is 9.02. The number of nitrogens with zero attached hydrogens (tertiary/aromatic N) is 3. The van der Waals surface area contributed by atoms with Gasteiger partial charge in [0.1, 0.15) is 0 Å². The first-order valence-electron chi connectivity index (χ1n) is 7.66. The van der Waals surface area contributed by atoms with Crippen molar-refractivity contribution in [3.05, 3.63) is 67.8 Å². The summed E-state index contributed by atoms with van der Waals surface area (Å²) in [5, 5.41) is 1.36. The standard InChI is InChI=1S/C17H17ClN4O2S/c1-11(18)8-9-25-17-19-14-13(15(23)20-16(24)21(14)2)22(17)10-12-6-4-3-5-7-12/h3-8H,9-10H2,1-2H3,(H,20,23,24)/b11-8+. The Kier molecular flexibility index (Phi) is 5.15. The average Bonchev–Trinajstić information content (AvgIpc) is 2.92. The van der Waals surface area contributed by atoms with E-state index in [1.165, 1.54) is 16.3 Å². The van der Waals surface area contributed by atoms with Gasteiger partial charge in [0.25, 0.3) is 5.56 Å². The third kappa shape index (κ3) is 3.72. The number of aromatic amines is 1. The fourth-order valence-electron chi connectivity index (χ4n) is 2.47. The Balaban J connectivity index is 2.15. The molecule has 0 amide bonds. The number of hydrogen-bond acceptors (Lipinski definition) is 4. The molecule has 2 heterocycles. The molecule has 6 nitrogen and oxygen atoms in total. The Morgan fingerprint density at radius 1 is 1.32 bits per heavy atom. The molecule has 0 radical (unpaired) electrons. The van der Waals surface area contributed by atoms with Crippen LogP contribution in [0.5, 0.6) is 0 Å². The van der Waals surface area contributed by atoms with Gasteiger partial charge in [-0.05, 0) is 12.5 Å². The fraction of sp³-hybridized carbons (Fsp3) is 0.235. The minimum absolute atomic E-state index is 0.374. The number of rotatable bonds is 5. The molecule has 0 aliphatic rings. The van der Waals surface area contributed by atoms with Crippen LogP contribution in [0.3, 0.4) is 0 Å². The fourth-order valence-corrected chi connectivity index (χ4v) is 3.58. The van der Waals surface area contributed by atoms with Crippen molar-refractivity contribution in [2.45, 2.75) is 18.6 Å². The number of benzene rings is 1. The van der Waals surface area contributed by atoms with Crippen LogP contribution in [-0.4, -0.2) is 24.9 Å². The zero-order valence-corrected chi connectivity index (χ0v) is 15.4. The SMILES string of the molecule is C/C(Cl)=C\CSc1nc2c(c(=O)[nH]c(=O)n2C)n1Cc1ccccc1. The molecule has 1 aromatic carbocycles. The van der Waals surface area contributed by atoms with Crippen LogP contribution in [0, 0.1) is 0 Å². The molecule has 0 aliphatic carbocycles. The summed E-state index contributed by atoms with van der Waals surface area (Å²) in [6.45, 7) is 2.30. The van der Waals surface area contributed by atoms with Gasteiger partial charge in [-0.15, -0.1) is 0 Å². The van der Waals surface area contributed by atoms with Crippen molar-refractivity contribution >= 4 is 34.5 Å². The molecule has 3 aromatic rings. The van der Waals surface area contributed by atoms with E-state index in [0.717, 1.165) is 5.56 Å². The Morgan fingerprint density at radius 2 is 2.04 bits per heavy atom. The van der Waals surface area contributed by atoms with E-state index in [2.05, 4.69) is 9.97 Å². The summed E-state index contributed by atoms with van der Waals surface area (Å²) in [5.41, 5.74) is 0.895. The predicted octanol–water partition coefficient (Wildman–Crippen LogP) is 2.71. The lowest BCUT2D eigenvalue weighted by atomic mass is 10.2. The molecule has 0 fully saturated rings. The Morgan fingerprint density at radius 3 is 2.72 bits per heavy atom. The second kappa shape index (κ2) is 7.33. The van der Waals surface area contributed by atoms with E-state index >= 15 is 0 Å². The topological polar surface area (TPSA) is 72.7 Å². The molecule has 0 saturated carbocycles. The van der Waals surface area contributed by atoms with Crippen molar-refractivity contribution in [2.75, 3.05) is 5.75 Å². The summed E-state index contributed by atoms with van der Waals surface area (Å²) in [6, 6.07) is 9.80. The third-order valence-corrected chi connectivity index (χ3v) is 4.79. The van der Waals surface area contributed by atoms with Gasteiger partial charge in [0, 0.05) is 17.8 Å². The summed E-state index contributed by atoms with van der Waals surface area (Å²) in [4.78, 5) is 31.1. The zero-order chi connectivity index (χ0) is 18.0. The quantitative estimate of drug-likeness (QED) is 0.695. The molecule has 130 valence electrons. The van der Waals surface area contributed by atoms with Crippen LogP contribution >= 0.6 is 23.4 Å². The maximum Gasteiger partial charge on any atom is 0.329 e. The first kappa shape index (κ1) is 17.6. The molecule has 0 bridgehead atoms. The van der Waals surface area contributed by atoms with Crippen molar-refractivity contribution < 1.29 is 0 Å². The second-order valence-electron chi connectivity index (χ2n) is 5.56. The number of allylic oxidation sites excluding steroid dienone is 1. The number of imidazole rings is 1. The highest BCUT2D eigenvalue weighted by atomic mass is 35.5. The second-order valence-corrected chi connectivity index (χ2v) is 7.14. The number of aromatic nitrogens is 4. The monoisotopic (exact) mass is 376 g/mol. The molecule has 0 unspecified atom stereocenters. The van der Waals surface area contributed by atoms with Crippen LogP contribution in [-0.2, 0) is 13.6 Å². The molecule has 1 N–H and O–H groups in total. The highest BCUT2D eigenvalue weighted by Crippen LogP contribution is 2.23. The minimum Gasteiger partial charge on any atom is -0.309 e. The van der Waals surface area contributed by atoms with Gasteiger partial charge < -0.3 is 4.57 Å². The molecule has 25 heavy (non-hydrogen) atoms. The minimum atomic E-state index is -0.477. The molecular weight excluding hydrogens is 360 g/mol. The Bertz CT molecular complexity index is 1050. The Labute approximate surface area is 153 Å². The predicted molar refractivity (Wildman–Crippen MR) is 101 cm³/mol. The van der Waals surface area contributed by atoms with E-state index < -0.39 is 11.2 Å². The molecule has 2 aromatic heterocycles. The average molecular weight is 377 g/mol. The van der Waals surface area contributed by atoms with Gasteiger partial charge in [-0.2, -0.15) is 0 Å². The molecule has 3 rings (SSSR count). The molecular formula is C17H17ClN4O2S. The van der Waals surface area contributed by atoms with E-state index in [1.807, 2.05) is 47.9 Å². The number of H-pyrrole nitrogens is 1. The maximum absolute atomic E-state index is 12.4. The summed E-state index contributed by atoms with van der Waals surface area (Å²) in [5.74, 6) is 0.624. The van der Waals surface area contributed by atoms with Gasteiger partial charge in [-0.25, -0.2) is 9.78 Å². The van der Waals surface area contributed by atoms with E-state index in [9.17, 15) is 9.59 Å². The lowest BCUT2D eigenvalue weighted by molar-refractivity contribution is 0.728. The molecule has 0 spiro atoms. The zero-order valence-electron chi connectivity index (χ0n) is 13.8. The summed E-state index contributed by atoms with van der Waals surface area (Å²) in [6.07, 6.45) is 1.88. The molecule has 8 heteroatoms. The Hall–Kier alpha value is -2.25. The normalized spacial score (nSPS) is 12.0. The number of nitrogens with one attached hydrogen (secondary N) is 1.